The van der Waals surface area contributed by atoms with Crippen LogP contribution in [0.15, 0.2) is 60.8 Å². The summed E-state index contributed by atoms with van der Waals surface area (Å²) in [5.41, 5.74) is 2.64. The molecule has 150 valence electrons. The minimum Gasteiger partial charge on any atom is -0.456 e. The number of esters is 1. The maximum absolute atomic E-state index is 12.8. The molecule has 5 nitrogen and oxygen atoms in total. The van der Waals surface area contributed by atoms with Crippen molar-refractivity contribution in [2.45, 2.75) is 39.7 Å². The summed E-state index contributed by atoms with van der Waals surface area (Å²) in [4.78, 5) is 29.3. The van der Waals surface area contributed by atoms with Crippen LogP contribution in [-0.4, -0.2) is 22.5 Å². The topological polar surface area (TPSA) is 68.3 Å². The Balaban J connectivity index is 1.76. The molecule has 0 fully saturated rings. The summed E-state index contributed by atoms with van der Waals surface area (Å²) in [7, 11) is 0. The number of aromatic nitrogens is 1. The maximum Gasteiger partial charge on any atom is 0.338 e. The van der Waals surface area contributed by atoms with Crippen LogP contribution < -0.4 is 5.32 Å². The van der Waals surface area contributed by atoms with Crippen molar-refractivity contribution in [3.63, 3.8) is 0 Å². The van der Waals surface area contributed by atoms with Crippen LogP contribution in [0.3, 0.4) is 0 Å². The quantitative estimate of drug-likeness (QED) is 0.722. The molecule has 1 aliphatic carbocycles. The van der Waals surface area contributed by atoms with Crippen LogP contribution in [0.5, 0.6) is 0 Å². The molecule has 29 heavy (non-hydrogen) atoms. The van der Waals surface area contributed by atoms with E-state index in [9.17, 15) is 9.59 Å². The van der Waals surface area contributed by atoms with Gasteiger partial charge in [-0.15, -0.1) is 0 Å². The lowest BCUT2D eigenvalue weighted by Gasteiger charge is -2.19. The summed E-state index contributed by atoms with van der Waals surface area (Å²) in [6.07, 6.45) is 8.91. The van der Waals surface area contributed by atoms with E-state index in [4.69, 9.17) is 4.74 Å². The van der Waals surface area contributed by atoms with E-state index in [1.54, 1.807) is 30.5 Å². The van der Waals surface area contributed by atoms with Crippen LogP contribution in [0.4, 0.5) is 5.69 Å². The summed E-state index contributed by atoms with van der Waals surface area (Å²) < 4.78 is 5.36. The van der Waals surface area contributed by atoms with Crippen molar-refractivity contribution in [1.29, 1.82) is 0 Å². The highest BCUT2D eigenvalue weighted by atomic mass is 16.6. The lowest BCUT2D eigenvalue weighted by Crippen LogP contribution is -2.23. The molecule has 2 aromatic rings. The Labute approximate surface area is 171 Å². The molecule has 0 spiro atoms. The van der Waals surface area contributed by atoms with Crippen molar-refractivity contribution in [1.82, 2.24) is 4.98 Å². The molecular weight excluding hydrogens is 364 g/mol. The molecule has 1 atom stereocenters. The van der Waals surface area contributed by atoms with Crippen molar-refractivity contribution >= 4 is 23.1 Å². The first-order valence-electron chi connectivity index (χ1n) is 9.71. The van der Waals surface area contributed by atoms with Gasteiger partial charge in [0, 0.05) is 17.4 Å². The molecular formula is C24H26N2O3. The fourth-order valence-electron chi connectivity index (χ4n) is 3.06. The van der Waals surface area contributed by atoms with Crippen LogP contribution in [0, 0.1) is 5.92 Å². The summed E-state index contributed by atoms with van der Waals surface area (Å²) in [5, 5.41) is 2.86. The first-order chi connectivity index (χ1) is 13.7. The third kappa shape index (κ3) is 5.41. The second-order valence-corrected chi connectivity index (χ2v) is 8.17. The number of pyridine rings is 1. The second kappa shape index (κ2) is 8.43. The van der Waals surface area contributed by atoms with Gasteiger partial charge in [0.1, 0.15) is 11.3 Å². The normalized spacial score (nSPS) is 16.1. The van der Waals surface area contributed by atoms with Crippen LogP contribution >= 0.6 is 0 Å². The maximum atomic E-state index is 12.8. The zero-order valence-electron chi connectivity index (χ0n) is 17.2. The van der Waals surface area contributed by atoms with Gasteiger partial charge in [-0.1, -0.05) is 31.2 Å². The number of nitrogens with one attached hydrogen (secondary N) is 1. The number of hydrogen-bond acceptors (Lipinski definition) is 4. The van der Waals surface area contributed by atoms with E-state index in [2.05, 4.69) is 29.4 Å². The van der Waals surface area contributed by atoms with Gasteiger partial charge in [0.05, 0.1) is 5.56 Å². The Morgan fingerprint density at radius 3 is 2.52 bits per heavy atom. The van der Waals surface area contributed by atoms with Gasteiger partial charge in [0.15, 0.2) is 0 Å². The number of hydrogen-bond donors (Lipinski definition) is 1. The molecule has 1 unspecified atom stereocenters. The van der Waals surface area contributed by atoms with Gasteiger partial charge in [0.2, 0.25) is 0 Å². The van der Waals surface area contributed by atoms with E-state index in [0.29, 0.717) is 22.9 Å². The first-order valence-corrected chi connectivity index (χ1v) is 9.71. The second-order valence-electron chi connectivity index (χ2n) is 8.17. The molecule has 0 aliphatic heterocycles. The number of benzene rings is 1. The van der Waals surface area contributed by atoms with Gasteiger partial charge in [-0.2, -0.15) is 0 Å². The predicted octanol–water partition coefficient (Wildman–Crippen LogP) is 5.27. The number of allylic oxidation sites excluding steroid dienone is 4. The van der Waals surface area contributed by atoms with E-state index < -0.39 is 11.6 Å². The largest absolute Gasteiger partial charge is 0.456 e. The summed E-state index contributed by atoms with van der Waals surface area (Å²) in [6, 6.07) is 10.4. The average molecular weight is 390 g/mol. The number of ether oxygens (including phenoxy) is 1. The number of anilines is 1. The zero-order valence-corrected chi connectivity index (χ0v) is 17.2. The van der Waals surface area contributed by atoms with Crippen molar-refractivity contribution in [3.05, 3.63) is 77.6 Å². The van der Waals surface area contributed by atoms with Crippen molar-refractivity contribution in [2.24, 2.45) is 5.92 Å². The molecule has 3 rings (SSSR count). The van der Waals surface area contributed by atoms with Crippen LogP contribution in [0.1, 0.15) is 60.5 Å². The van der Waals surface area contributed by atoms with Gasteiger partial charge in [-0.25, -0.2) is 4.79 Å². The van der Waals surface area contributed by atoms with E-state index >= 15 is 0 Å². The van der Waals surface area contributed by atoms with Crippen molar-refractivity contribution < 1.29 is 14.3 Å². The Bertz CT molecular complexity index is 966. The van der Waals surface area contributed by atoms with Gasteiger partial charge in [-0.05, 0) is 69.0 Å². The number of carbonyl (C=O) groups is 2. The molecule has 1 amide bonds. The van der Waals surface area contributed by atoms with Crippen LogP contribution in [-0.2, 0) is 4.74 Å². The highest BCUT2D eigenvalue weighted by molar-refractivity contribution is 6.06. The Kier molecular flexibility index (Phi) is 5.97. The highest BCUT2D eigenvalue weighted by Crippen LogP contribution is 2.26. The molecule has 5 heteroatoms. The van der Waals surface area contributed by atoms with E-state index in [0.717, 1.165) is 17.6 Å². The molecule has 0 bridgehead atoms. The lowest BCUT2D eigenvalue weighted by molar-refractivity contribution is 0.00695. The molecule has 0 saturated heterocycles. The Morgan fingerprint density at radius 2 is 1.86 bits per heavy atom. The number of amides is 1. The van der Waals surface area contributed by atoms with Crippen molar-refractivity contribution in [2.75, 3.05) is 5.32 Å². The Morgan fingerprint density at radius 1 is 1.14 bits per heavy atom. The fraction of sp³-hybridized carbons (Fsp3) is 0.292. The summed E-state index contributed by atoms with van der Waals surface area (Å²) in [5.74, 6) is -0.266. The van der Waals surface area contributed by atoms with E-state index in [1.165, 1.54) is 0 Å². The number of carbonyl (C=O) groups excluding carboxylic acids is 2. The average Bonchev–Trinajstić information content (AvgIpc) is 2.67. The molecule has 0 radical (unpaired) electrons. The van der Waals surface area contributed by atoms with E-state index in [1.807, 2.05) is 39.0 Å². The Hall–Kier alpha value is -3.21. The zero-order chi connectivity index (χ0) is 21.0. The summed E-state index contributed by atoms with van der Waals surface area (Å²) in [6.45, 7) is 7.61. The number of nitrogens with zero attached hydrogens (tertiary/aromatic N) is 1. The number of rotatable bonds is 4. The van der Waals surface area contributed by atoms with Gasteiger partial charge in [-0.3, -0.25) is 9.78 Å². The minimum atomic E-state index is -0.556. The van der Waals surface area contributed by atoms with Crippen LogP contribution in [0.25, 0.3) is 5.57 Å². The molecule has 1 aromatic carbocycles. The minimum absolute atomic E-state index is 0.293. The fourth-order valence-corrected chi connectivity index (χ4v) is 3.06. The standard InChI is InChI=1S/C24H26N2O3/c1-16-7-5-8-18(15-16)20-9-6-14-25-21(20)22(27)26-19-12-10-17(11-13-19)23(28)29-24(2,3)4/h5-6,8-16H,7H2,1-4H3,(H,26,27). The first kappa shape index (κ1) is 20.5. The third-order valence-electron chi connectivity index (χ3n) is 4.38. The molecule has 1 heterocycles. The lowest BCUT2D eigenvalue weighted by atomic mass is 9.92. The predicted molar refractivity (Wildman–Crippen MR) is 115 cm³/mol. The molecule has 1 aromatic heterocycles. The third-order valence-corrected chi connectivity index (χ3v) is 4.38. The van der Waals surface area contributed by atoms with E-state index in [-0.39, 0.29) is 5.91 Å². The van der Waals surface area contributed by atoms with Crippen molar-refractivity contribution in [3.8, 4) is 0 Å². The van der Waals surface area contributed by atoms with Gasteiger partial charge in [0.25, 0.3) is 5.91 Å². The molecule has 1 aliphatic rings. The SMILES string of the molecule is CC1C=C(c2cccnc2C(=O)Nc2ccc(C(=O)OC(C)(C)C)cc2)C=CC1. The smallest absolute Gasteiger partial charge is 0.338 e. The summed E-state index contributed by atoms with van der Waals surface area (Å²) >= 11 is 0. The van der Waals surface area contributed by atoms with Gasteiger partial charge >= 0.3 is 5.97 Å². The molecule has 1 N–H and O–H groups in total. The highest BCUT2D eigenvalue weighted by Gasteiger charge is 2.19. The molecule has 0 saturated carbocycles. The van der Waals surface area contributed by atoms with Gasteiger partial charge < -0.3 is 10.1 Å². The van der Waals surface area contributed by atoms with Crippen LogP contribution in [0.2, 0.25) is 0 Å². The monoisotopic (exact) mass is 390 g/mol.